The zero-order valence-corrected chi connectivity index (χ0v) is 19.6. The molecule has 0 atom stereocenters. The van der Waals surface area contributed by atoms with Crippen LogP contribution in [0.2, 0.25) is 0 Å². The number of fused-ring (bicyclic) bond motifs is 1. The van der Waals surface area contributed by atoms with Crippen LogP contribution in [0, 0.1) is 0 Å². The van der Waals surface area contributed by atoms with Crippen molar-refractivity contribution >= 4 is 39.7 Å². The number of nitrogens with one attached hydrogen (secondary N) is 2. The highest BCUT2D eigenvalue weighted by atomic mass is 32.1. The summed E-state index contributed by atoms with van der Waals surface area (Å²) in [6.07, 6.45) is 1.03. The Morgan fingerprint density at radius 1 is 0.912 bits per heavy atom. The van der Waals surface area contributed by atoms with Crippen LogP contribution in [0.25, 0.3) is 11.3 Å². The molecule has 2 amide bonds. The summed E-state index contributed by atoms with van der Waals surface area (Å²) >= 11 is 1.38. The standard InChI is InChI=1S/C27H24N4O2S/c1-18(32)28-23-10-6-20(7-11-23)25-17-34-27(29-25)30-26(33)21-8-12-24(13-9-21)31-15-14-19-4-2-3-5-22(19)16-31/h2-13,17H,14-16H2,1H3,(H,28,32)(H,29,30,33). The summed E-state index contributed by atoms with van der Waals surface area (Å²) in [5.41, 5.74) is 6.91. The van der Waals surface area contributed by atoms with Crippen LogP contribution in [-0.2, 0) is 17.8 Å². The van der Waals surface area contributed by atoms with Gasteiger partial charge in [-0.2, -0.15) is 0 Å². The molecule has 0 saturated heterocycles. The van der Waals surface area contributed by atoms with Gasteiger partial charge >= 0.3 is 0 Å². The van der Waals surface area contributed by atoms with E-state index in [4.69, 9.17) is 0 Å². The van der Waals surface area contributed by atoms with Gasteiger partial charge in [0.1, 0.15) is 0 Å². The highest BCUT2D eigenvalue weighted by molar-refractivity contribution is 7.14. The Morgan fingerprint density at radius 2 is 1.65 bits per heavy atom. The third-order valence-electron chi connectivity index (χ3n) is 5.85. The monoisotopic (exact) mass is 468 g/mol. The van der Waals surface area contributed by atoms with Crippen LogP contribution in [0.1, 0.15) is 28.4 Å². The van der Waals surface area contributed by atoms with Crippen molar-refractivity contribution in [2.24, 2.45) is 0 Å². The maximum Gasteiger partial charge on any atom is 0.257 e. The highest BCUT2D eigenvalue weighted by Gasteiger charge is 2.17. The third kappa shape index (κ3) is 4.84. The molecule has 2 heterocycles. The Balaban J connectivity index is 1.22. The summed E-state index contributed by atoms with van der Waals surface area (Å²) in [7, 11) is 0. The predicted molar refractivity (Wildman–Crippen MR) is 137 cm³/mol. The SMILES string of the molecule is CC(=O)Nc1ccc(-c2csc(NC(=O)c3ccc(N4CCc5ccccc5C4)cc3)n2)cc1. The molecule has 1 aromatic heterocycles. The molecule has 0 fully saturated rings. The lowest BCUT2D eigenvalue weighted by molar-refractivity contribution is -0.114. The molecule has 4 aromatic rings. The third-order valence-corrected chi connectivity index (χ3v) is 6.61. The maximum atomic E-state index is 12.8. The van der Waals surface area contributed by atoms with Gasteiger partial charge in [0.05, 0.1) is 5.69 Å². The van der Waals surface area contributed by atoms with Gasteiger partial charge in [0.15, 0.2) is 5.13 Å². The molecule has 7 heteroatoms. The van der Waals surface area contributed by atoms with Crippen molar-refractivity contribution in [2.75, 3.05) is 22.1 Å². The fourth-order valence-electron chi connectivity index (χ4n) is 4.10. The lowest BCUT2D eigenvalue weighted by atomic mass is 9.99. The van der Waals surface area contributed by atoms with Gasteiger partial charge in [0.25, 0.3) is 5.91 Å². The number of rotatable bonds is 5. The minimum atomic E-state index is -0.183. The second-order valence-corrected chi connectivity index (χ2v) is 9.10. The van der Waals surface area contributed by atoms with Crippen LogP contribution in [0.4, 0.5) is 16.5 Å². The molecular weight excluding hydrogens is 444 g/mol. The molecule has 1 aliphatic rings. The molecule has 0 bridgehead atoms. The van der Waals surface area contributed by atoms with Crippen LogP contribution in [0.5, 0.6) is 0 Å². The topological polar surface area (TPSA) is 74.3 Å². The van der Waals surface area contributed by atoms with Crippen molar-refractivity contribution in [1.82, 2.24) is 4.98 Å². The molecule has 0 unspecified atom stereocenters. The van der Waals surface area contributed by atoms with E-state index in [1.165, 1.54) is 29.4 Å². The first kappa shape index (κ1) is 21.9. The van der Waals surface area contributed by atoms with Crippen molar-refractivity contribution in [2.45, 2.75) is 19.9 Å². The summed E-state index contributed by atoms with van der Waals surface area (Å²) < 4.78 is 0. The quantitative estimate of drug-likeness (QED) is 0.401. The number of nitrogens with zero attached hydrogens (tertiary/aromatic N) is 2. The summed E-state index contributed by atoms with van der Waals surface area (Å²) in [4.78, 5) is 30.8. The van der Waals surface area contributed by atoms with Gasteiger partial charge in [0, 0.05) is 47.9 Å². The molecular formula is C27H24N4O2S. The van der Waals surface area contributed by atoms with Crippen LogP contribution >= 0.6 is 11.3 Å². The summed E-state index contributed by atoms with van der Waals surface area (Å²) in [5, 5.41) is 8.09. The molecule has 1 aliphatic heterocycles. The van der Waals surface area contributed by atoms with Gasteiger partial charge in [-0.15, -0.1) is 11.3 Å². The average Bonchev–Trinajstić information content (AvgIpc) is 3.32. The molecule has 5 rings (SSSR count). The first-order valence-electron chi connectivity index (χ1n) is 11.1. The molecule has 0 radical (unpaired) electrons. The van der Waals surface area contributed by atoms with E-state index in [-0.39, 0.29) is 11.8 Å². The minimum Gasteiger partial charge on any atom is -0.367 e. The first-order valence-corrected chi connectivity index (χ1v) is 12.0. The van der Waals surface area contributed by atoms with Crippen LogP contribution in [0.3, 0.4) is 0 Å². The number of carbonyl (C=O) groups is 2. The number of hydrogen-bond donors (Lipinski definition) is 2. The Bertz CT molecular complexity index is 1330. The van der Waals surface area contributed by atoms with E-state index in [2.05, 4.69) is 44.8 Å². The highest BCUT2D eigenvalue weighted by Crippen LogP contribution is 2.27. The molecule has 6 nitrogen and oxygen atoms in total. The Kier molecular flexibility index (Phi) is 6.10. The second-order valence-electron chi connectivity index (χ2n) is 8.24. The van der Waals surface area contributed by atoms with Crippen LogP contribution < -0.4 is 15.5 Å². The minimum absolute atomic E-state index is 0.110. The normalized spacial score (nSPS) is 12.7. The van der Waals surface area contributed by atoms with Gasteiger partial charge in [-0.3, -0.25) is 14.9 Å². The fraction of sp³-hybridized carbons (Fsp3) is 0.148. The van der Waals surface area contributed by atoms with Crippen molar-refractivity contribution in [3.8, 4) is 11.3 Å². The van der Waals surface area contributed by atoms with E-state index in [1.807, 2.05) is 53.9 Å². The van der Waals surface area contributed by atoms with E-state index in [1.54, 1.807) is 0 Å². The molecule has 2 N–H and O–H groups in total. The molecule has 170 valence electrons. The summed E-state index contributed by atoms with van der Waals surface area (Å²) in [6, 6.07) is 23.7. The van der Waals surface area contributed by atoms with E-state index in [0.717, 1.165) is 42.1 Å². The maximum absolute atomic E-state index is 12.8. The molecule has 3 aromatic carbocycles. The largest absolute Gasteiger partial charge is 0.367 e. The smallest absolute Gasteiger partial charge is 0.257 e. The zero-order chi connectivity index (χ0) is 23.5. The fourth-order valence-corrected chi connectivity index (χ4v) is 4.82. The number of hydrogen-bond acceptors (Lipinski definition) is 5. The van der Waals surface area contributed by atoms with Gasteiger partial charge < -0.3 is 10.2 Å². The first-order chi connectivity index (χ1) is 16.5. The molecule has 0 aliphatic carbocycles. The van der Waals surface area contributed by atoms with Gasteiger partial charge in [-0.1, -0.05) is 36.4 Å². The molecule has 34 heavy (non-hydrogen) atoms. The number of aromatic nitrogens is 1. The Hall–Kier alpha value is -3.97. The van der Waals surface area contributed by atoms with Crippen molar-refractivity contribution < 1.29 is 9.59 Å². The van der Waals surface area contributed by atoms with Gasteiger partial charge in [-0.25, -0.2) is 4.98 Å². The summed E-state index contributed by atoms with van der Waals surface area (Å²) in [6.45, 7) is 3.33. The Labute approximate surface area is 202 Å². The number of anilines is 3. The number of carbonyl (C=O) groups excluding carboxylic acids is 2. The zero-order valence-electron chi connectivity index (χ0n) is 18.7. The second kappa shape index (κ2) is 9.49. The van der Waals surface area contributed by atoms with E-state index in [0.29, 0.717) is 10.7 Å². The lowest BCUT2D eigenvalue weighted by Crippen LogP contribution is -2.30. The molecule has 0 spiro atoms. The average molecular weight is 469 g/mol. The van der Waals surface area contributed by atoms with Crippen LogP contribution in [-0.4, -0.2) is 23.3 Å². The van der Waals surface area contributed by atoms with Gasteiger partial charge in [0.2, 0.25) is 5.91 Å². The van der Waals surface area contributed by atoms with Gasteiger partial charge in [-0.05, 0) is 53.9 Å². The van der Waals surface area contributed by atoms with E-state index < -0.39 is 0 Å². The number of benzene rings is 3. The van der Waals surface area contributed by atoms with Crippen molar-refractivity contribution in [1.29, 1.82) is 0 Å². The predicted octanol–water partition coefficient (Wildman–Crippen LogP) is 5.58. The lowest BCUT2D eigenvalue weighted by Gasteiger charge is -2.30. The van der Waals surface area contributed by atoms with Crippen molar-refractivity contribution in [3.63, 3.8) is 0 Å². The molecule has 0 saturated carbocycles. The number of amides is 2. The number of thiazole rings is 1. The van der Waals surface area contributed by atoms with E-state index in [9.17, 15) is 9.59 Å². The van der Waals surface area contributed by atoms with E-state index >= 15 is 0 Å². The van der Waals surface area contributed by atoms with Crippen LogP contribution in [0.15, 0.2) is 78.2 Å². The van der Waals surface area contributed by atoms with Crippen molar-refractivity contribution in [3.05, 3.63) is 94.9 Å². The summed E-state index contributed by atoms with van der Waals surface area (Å²) in [5.74, 6) is -0.293. The Morgan fingerprint density at radius 3 is 2.38 bits per heavy atom.